The van der Waals surface area contributed by atoms with Crippen molar-refractivity contribution in [1.82, 2.24) is 30.4 Å². The first kappa shape index (κ1) is 15.2. The third kappa shape index (κ3) is 3.75. The Kier molecular flexibility index (Phi) is 4.38. The zero-order chi connectivity index (χ0) is 16.2. The second-order valence-corrected chi connectivity index (χ2v) is 6.42. The first-order valence-electron chi connectivity index (χ1n) is 7.09. The van der Waals surface area contributed by atoms with E-state index in [0.29, 0.717) is 22.3 Å². The van der Waals surface area contributed by atoms with E-state index in [0.717, 1.165) is 11.4 Å². The number of carbonyl (C=O) groups is 1. The lowest BCUT2D eigenvalue weighted by Crippen LogP contribution is -2.12. The van der Waals surface area contributed by atoms with E-state index in [2.05, 4.69) is 44.9 Å². The lowest BCUT2D eigenvalue weighted by molar-refractivity contribution is 0.102. The summed E-state index contributed by atoms with van der Waals surface area (Å²) in [6.07, 6.45) is 2.32. The largest absolute Gasteiger partial charge is 0.296 e. The van der Waals surface area contributed by atoms with Gasteiger partial charge in [0.2, 0.25) is 5.13 Å². The highest BCUT2D eigenvalue weighted by Crippen LogP contribution is 2.19. The molecule has 118 valence electrons. The predicted molar refractivity (Wildman–Crippen MR) is 85.6 cm³/mol. The second-order valence-electron chi connectivity index (χ2n) is 5.36. The Morgan fingerprint density at radius 3 is 2.96 bits per heavy atom. The molecule has 0 spiro atoms. The van der Waals surface area contributed by atoms with E-state index in [-0.39, 0.29) is 5.91 Å². The third-order valence-electron chi connectivity index (χ3n) is 2.99. The highest BCUT2D eigenvalue weighted by Gasteiger charge is 2.12. The zero-order valence-corrected chi connectivity index (χ0v) is 13.5. The monoisotopic (exact) mass is 329 g/mol. The molecule has 1 aromatic carbocycles. The minimum absolute atomic E-state index is 0.243. The summed E-state index contributed by atoms with van der Waals surface area (Å²) in [5, 5.41) is 23.2. The number of hydrogen-bond acceptors (Lipinski definition) is 7. The van der Waals surface area contributed by atoms with Crippen molar-refractivity contribution >= 4 is 22.4 Å². The molecule has 0 atom stereocenters. The van der Waals surface area contributed by atoms with Crippen LogP contribution in [0.1, 0.15) is 29.2 Å². The van der Waals surface area contributed by atoms with Gasteiger partial charge < -0.3 is 0 Å². The summed E-state index contributed by atoms with van der Waals surface area (Å²) in [4.78, 5) is 12.3. The summed E-state index contributed by atoms with van der Waals surface area (Å²) in [5.74, 6) is 0.256. The number of rotatable bonds is 5. The van der Waals surface area contributed by atoms with Crippen LogP contribution in [-0.4, -0.2) is 36.3 Å². The molecule has 9 heteroatoms. The summed E-state index contributed by atoms with van der Waals surface area (Å²) >= 11 is 1.39. The van der Waals surface area contributed by atoms with Crippen LogP contribution in [0, 0.1) is 5.92 Å². The van der Waals surface area contributed by atoms with Gasteiger partial charge in [-0.05, 0) is 34.5 Å². The van der Waals surface area contributed by atoms with E-state index in [9.17, 15) is 4.79 Å². The van der Waals surface area contributed by atoms with Gasteiger partial charge in [-0.25, -0.2) is 4.68 Å². The Labute approximate surface area is 136 Å². The van der Waals surface area contributed by atoms with Gasteiger partial charge in [0.25, 0.3) is 5.91 Å². The van der Waals surface area contributed by atoms with Crippen LogP contribution >= 0.6 is 11.3 Å². The van der Waals surface area contributed by atoms with Crippen molar-refractivity contribution in [3.05, 3.63) is 41.2 Å². The SMILES string of the molecule is CC(C)Cc1nnc(NC(=O)c2cccc(-n3cnnn3)c2)s1. The topological polar surface area (TPSA) is 98.5 Å². The Bertz CT molecular complexity index is 797. The summed E-state index contributed by atoms with van der Waals surface area (Å²) in [6.45, 7) is 4.23. The van der Waals surface area contributed by atoms with Crippen LogP contribution in [0.5, 0.6) is 0 Å². The van der Waals surface area contributed by atoms with Crippen LogP contribution in [0.4, 0.5) is 5.13 Å². The minimum Gasteiger partial charge on any atom is -0.296 e. The second kappa shape index (κ2) is 6.61. The zero-order valence-electron chi connectivity index (χ0n) is 12.7. The Morgan fingerprint density at radius 2 is 2.22 bits per heavy atom. The molecule has 0 fully saturated rings. The molecular formula is C14H15N7OS. The molecular weight excluding hydrogens is 314 g/mol. The number of nitrogens with zero attached hydrogens (tertiary/aromatic N) is 6. The number of aromatic nitrogens is 6. The molecule has 0 aliphatic rings. The van der Waals surface area contributed by atoms with Gasteiger partial charge in [-0.3, -0.25) is 10.1 Å². The molecule has 8 nitrogen and oxygen atoms in total. The summed E-state index contributed by atoms with van der Waals surface area (Å²) in [6, 6.07) is 7.02. The quantitative estimate of drug-likeness (QED) is 0.768. The maximum Gasteiger partial charge on any atom is 0.257 e. The standard InChI is InChI=1S/C14H15N7OS/c1-9(2)6-12-17-18-14(23-12)16-13(22)10-4-3-5-11(7-10)21-8-15-19-20-21/h3-5,7-9H,6H2,1-2H3,(H,16,18,22). The number of carbonyl (C=O) groups excluding carboxylic acids is 1. The van der Waals surface area contributed by atoms with Gasteiger partial charge in [-0.2, -0.15) is 0 Å². The first-order valence-corrected chi connectivity index (χ1v) is 7.90. The molecule has 3 rings (SSSR count). The van der Waals surface area contributed by atoms with E-state index in [1.807, 2.05) is 6.07 Å². The number of anilines is 1. The Hall–Kier alpha value is -2.68. The Morgan fingerprint density at radius 1 is 1.35 bits per heavy atom. The third-order valence-corrected chi connectivity index (χ3v) is 3.85. The smallest absolute Gasteiger partial charge is 0.257 e. The number of benzene rings is 1. The number of tetrazole rings is 1. The molecule has 2 heterocycles. The average molecular weight is 329 g/mol. The van der Waals surface area contributed by atoms with Crippen molar-refractivity contribution in [2.45, 2.75) is 20.3 Å². The summed E-state index contributed by atoms with van der Waals surface area (Å²) in [5.41, 5.74) is 1.21. The van der Waals surface area contributed by atoms with Gasteiger partial charge in [0.1, 0.15) is 11.3 Å². The molecule has 23 heavy (non-hydrogen) atoms. The first-order chi connectivity index (χ1) is 11.1. The maximum atomic E-state index is 12.3. The number of nitrogens with one attached hydrogen (secondary N) is 1. The molecule has 0 aliphatic carbocycles. The van der Waals surface area contributed by atoms with Gasteiger partial charge in [0.05, 0.1) is 5.69 Å². The fourth-order valence-corrected chi connectivity index (χ4v) is 2.92. The van der Waals surface area contributed by atoms with Crippen LogP contribution in [0.15, 0.2) is 30.6 Å². The number of hydrogen-bond donors (Lipinski definition) is 1. The molecule has 3 aromatic rings. The van der Waals surface area contributed by atoms with Gasteiger partial charge in [-0.1, -0.05) is 31.3 Å². The van der Waals surface area contributed by atoms with E-state index in [4.69, 9.17) is 0 Å². The molecule has 2 aromatic heterocycles. The van der Waals surface area contributed by atoms with Gasteiger partial charge in [-0.15, -0.1) is 15.3 Å². The predicted octanol–water partition coefficient (Wildman–Crippen LogP) is 1.96. The van der Waals surface area contributed by atoms with E-state index in [1.54, 1.807) is 18.2 Å². The van der Waals surface area contributed by atoms with Crippen molar-refractivity contribution in [3.8, 4) is 5.69 Å². The normalized spacial score (nSPS) is 10.9. The fourth-order valence-electron chi connectivity index (χ4n) is 1.97. The van der Waals surface area contributed by atoms with Crippen molar-refractivity contribution < 1.29 is 4.79 Å². The van der Waals surface area contributed by atoms with Crippen LogP contribution in [0.3, 0.4) is 0 Å². The molecule has 1 amide bonds. The highest BCUT2D eigenvalue weighted by atomic mass is 32.1. The van der Waals surface area contributed by atoms with Crippen molar-refractivity contribution in [1.29, 1.82) is 0 Å². The lowest BCUT2D eigenvalue weighted by Gasteiger charge is -2.04. The van der Waals surface area contributed by atoms with Gasteiger partial charge >= 0.3 is 0 Å². The fraction of sp³-hybridized carbons (Fsp3) is 0.286. The van der Waals surface area contributed by atoms with E-state index in [1.165, 1.54) is 22.3 Å². The molecule has 0 aliphatic heterocycles. The maximum absolute atomic E-state index is 12.3. The lowest BCUT2D eigenvalue weighted by atomic mass is 10.1. The molecule has 0 radical (unpaired) electrons. The summed E-state index contributed by atoms with van der Waals surface area (Å²) in [7, 11) is 0. The van der Waals surface area contributed by atoms with Crippen molar-refractivity contribution in [2.75, 3.05) is 5.32 Å². The minimum atomic E-state index is -0.243. The molecule has 0 saturated heterocycles. The van der Waals surface area contributed by atoms with Gasteiger partial charge in [0, 0.05) is 12.0 Å². The van der Waals surface area contributed by atoms with Crippen molar-refractivity contribution in [2.24, 2.45) is 5.92 Å². The summed E-state index contributed by atoms with van der Waals surface area (Å²) < 4.78 is 1.49. The van der Waals surface area contributed by atoms with Crippen LogP contribution in [-0.2, 0) is 6.42 Å². The van der Waals surface area contributed by atoms with E-state index < -0.39 is 0 Å². The van der Waals surface area contributed by atoms with Crippen molar-refractivity contribution in [3.63, 3.8) is 0 Å². The van der Waals surface area contributed by atoms with Gasteiger partial charge in [0.15, 0.2) is 0 Å². The number of amides is 1. The molecule has 1 N–H and O–H groups in total. The molecule has 0 bridgehead atoms. The average Bonchev–Trinajstić information content (AvgIpc) is 3.19. The van der Waals surface area contributed by atoms with Crippen LogP contribution < -0.4 is 5.32 Å². The Balaban J connectivity index is 1.73. The van der Waals surface area contributed by atoms with Crippen LogP contribution in [0.2, 0.25) is 0 Å². The van der Waals surface area contributed by atoms with E-state index >= 15 is 0 Å². The molecule has 0 unspecified atom stereocenters. The highest BCUT2D eigenvalue weighted by molar-refractivity contribution is 7.15. The molecule has 0 saturated carbocycles. The van der Waals surface area contributed by atoms with Crippen LogP contribution in [0.25, 0.3) is 5.69 Å².